The molecular weight excluding hydrogens is 262 g/mol. The Kier molecular flexibility index (Phi) is 3.78. The van der Waals surface area contributed by atoms with Crippen LogP contribution in [0.2, 0.25) is 0 Å². The second-order valence-electron chi connectivity index (χ2n) is 4.78. The van der Waals surface area contributed by atoms with Crippen LogP contribution in [0.15, 0.2) is 18.2 Å². The van der Waals surface area contributed by atoms with E-state index < -0.39 is 10.0 Å². The Bertz CT molecular complexity index is 611. The molecule has 0 amide bonds. The van der Waals surface area contributed by atoms with Crippen LogP contribution in [0.3, 0.4) is 0 Å². The predicted molar refractivity (Wildman–Crippen MR) is 74.5 cm³/mol. The number of piperazine rings is 1. The molecule has 102 valence electrons. The van der Waals surface area contributed by atoms with E-state index in [0.717, 1.165) is 11.3 Å². The number of aryl methyl sites for hydroxylation is 1. The van der Waals surface area contributed by atoms with Gasteiger partial charge in [0.25, 0.3) is 0 Å². The zero-order valence-electron chi connectivity index (χ0n) is 11.1. The smallest absolute Gasteiger partial charge is 0.211 e. The lowest BCUT2D eigenvalue weighted by molar-refractivity contribution is 0.388. The van der Waals surface area contributed by atoms with E-state index >= 15 is 0 Å². The van der Waals surface area contributed by atoms with E-state index in [2.05, 4.69) is 11.0 Å². The standard InChI is InChI=1S/C13H17N3O2S/c1-11-3-4-13(12(9-11)10-14)15-5-7-16(8-6-15)19(2,17)18/h3-4,9H,5-8H2,1-2H3. The third kappa shape index (κ3) is 3.06. The molecule has 1 fully saturated rings. The molecule has 1 aromatic rings. The van der Waals surface area contributed by atoms with Gasteiger partial charge in [-0.05, 0) is 24.6 Å². The van der Waals surface area contributed by atoms with Crippen molar-refractivity contribution in [3.8, 4) is 6.07 Å². The van der Waals surface area contributed by atoms with Crippen LogP contribution in [0, 0.1) is 18.3 Å². The summed E-state index contributed by atoms with van der Waals surface area (Å²) in [6, 6.07) is 7.97. The van der Waals surface area contributed by atoms with E-state index in [1.165, 1.54) is 10.6 Å². The van der Waals surface area contributed by atoms with Gasteiger partial charge in [-0.1, -0.05) is 6.07 Å². The highest BCUT2D eigenvalue weighted by atomic mass is 32.2. The number of rotatable bonds is 2. The fourth-order valence-corrected chi connectivity index (χ4v) is 3.10. The minimum Gasteiger partial charge on any atom is -0.368 e. The van der Waals surface area contributed by atoms with Crippen molar-refractivity contribution in [1.82, 2.24) is 4.31 Å². The minimum absolute atomic E-state index is 0.470. The molecule has 0 aromatic heterocycles. The van der Waals surface area contributed by atoms with Gasteiger partial charge in [-0.25, -0.2) is 8.42 Å². The van der Waals surface area contributed by atoms with Gasteiger partial charge >= 0.3 is 0 Å². The largest absolute Gasteiger partial charge is 0.368 e. The monoisotopic (exact) mass is 279 g/mol. The highest BCUT2D eigenvalue weighted by molar-refractivity contribution is 7.88. The summed E-state index contributed by atoms with van der Waals surface area (Å²) in [5.41, 5.74) is 2.59. The number of nitriles is 1. The zero-order valence-corrected chi connectivity index (χ0v) is 11.9. The highest BCUT2D eigenvalue weighted by Gasteiger charge is 2.24. The number of anilines is 1. The van der Waals surface area contributed by atoms with E-state index in [9.17, 15) is 13.7 Å². The van der Waals surface area contributed by atoms with Crippen LogP contribution >= 0.6 is 0 Å². The Morgan fingerprint density at radius 3 is 2.37 bits per heavy atom. The second-order valence-corrected chi connectivity index (χ2v) is 6.76. The molecule has 0 saturated carbocycles. The van der Waals surface area contributed by atoms with Crippen LogP contribution in [-0.2, 0) is 10.0 Å². The van der Waals surface area contributed by atoms with Crippen molar-refractivity contribution < 1.29 is 8.42 Å². The maximum atomic E-state index is 11.5. The van der Waals surface area contributed by atoms with Crippen LogP contribution < -0.4 is 4.90 Å². The number of hydrogen-bond acceptors (Lipinski definition) is 4. The molecule has 1 heterocycles. The van der Waals surface area contributed by atoms with E-state index in [1.54, 1.807) is 0 Å². The Labute approximate surface area is 114 Å². The van der Waals surface area contributed by atoms with Gasteiger partial charge in [-0.3, -0.25) is 0 Å². The Morgan fingerprint density at radius 1 is 1.21 bits per heavy atom. The maximum absolute atomic E-state index is 11.5. The lowest BCUT2D eigenvalue weighted by Crippen LogP contribution is -2.48. The van der Waals surface area contributed by atoms with Crippen LogP contribution in [0.25, 0.3) is 0 Å². The van der Waals surface area contributed by atoms with Crippen molar-refractivity contribution in [3.05, 3.63) is 29.3 Å². The molecule has 2 rings (SSSR count). The number of sulfonamides is 1. The van der Waals surface area contributed by atoms with Gasteiger partial charge in [0.05, 0.1) is 17.5 Å². The third-order valence-electron chi connectivity index (χ3n) is 3.32. The van der Waals surface area contributed by atoms with Crippen LogP contribution in [0.5, 0.6) is 0 Å². The summed E-state index contributed by atoms with van der Waals surface area (Å²) >= 11 is 0. The van der Waals surface area contributed by atoms with Gasteiger partial charge in [-0.2, -0.15) is 9.57 Å². The Morgan fingerprint density at radius 2 is 1.84 bits per heavy atom. The maximum Gasteiger partial charge on any atom is 0.211 e. The fourth-order valence-electron chi connectivity index (χ4n) is 2.28. The van der Waals surface area contributed by atoms with Crippen molar-refractivity contribution in [2.45, 2.75) is 6.92 Å². The second kappa shape index (κ2) is 5.19. The van der Waals surface area contributed by atoms with Crippen molar-refractivity contribution >= 4 is 15.7 Å². The number of benzene rings is 1. The van der Waals surface area contributed by atoms with Crippen molar-refractivity contribution in [3.63, 3.8) is 0 Å². The molecule has 0 atom stereocenters. The first-order valence-corrected chi connectivity index (χ1v) is 7.97. The predicted octanol–water partition coefficient (Wildman–Crippen LogP) is 0.948. The molecule has 5 nitrogen and oxygen atoms in total. The van der Waals surface area contributed by atoms with Gasteiger partial charge in [0, 0.05) is 26.2 Å². The average Bonchev–Trinajstić information content (AvgIpc) is 2.37. The molecule has 0 unspecified atom stereocenters. The zero-order chi connectivity index (χ0) is 14.0. The summed E-state index contributed by atoms with van der Waals surface area (Å²) in [6.07, 6.45) is 1.23. The normalized spacial score (nSPS) is 17.2. The fraction of sp³-hybridized carbons (Fsp3) is 0.462. The van der Waals surface area contributed by atoms with Crippen LogP contribution in [0.1, 0.15) is 11.1 Å². The summed E-state index contributed by atoms with van der Waals surface area (Å²) in [7, 11) is -3.11. The van der Waals surface area contributed by atoms with Crippen molar-refractivity contribution in [2.75, 3.05) is 37.3 Å². The highest BCUT2D eigenvalue weighted by Crippen LogP contribution is 2.23. The lowest BCUT2D eigenvalue weighted by Gasteiger charge is -2.35. The molecular formula is C13H17N3O2S. The molecule has 0 spiro atoms. The molecule has 19 heavy (non-hydrogen) atoms. The van der Waals surface area contributed by atoms with Gasteiger partial charge in [-0.15, -0.1) is 0 Å². The first kappa shape index (κ1) is 13.8. The van der Waals surface area contributed by atoms with E-state index in [-0.39, 0.29) is 0 Å². The molecule has 1 saturated heterocycles. The summed E-state index contributed by atoms with van der Waals surface area (Å²) in [4.78, 5) is 2.07. The molecule has 0 aliphatic carbocycles. The Balaban J connectivity index is 2.17. The quantitative estimate of drug-likeness (QED) is 0.808. The molecule has 0 N–H and O–H groups in total. The lowest BCUT2D eigenvalue weighted by atomic mass is 10.1. The summed E-state index contributed by atoms with van der Waals surface area (Å²) < 4.78 is 24.4. The third-order valence-corrected chi connectivity index (χ3v) is 4.62. The average molecular weight is 279 g/mol. The summed E-state index contributed by atoms with van der Waals surface area (Å²) in [5.74, 6) is 0. The number of nitrogens with zero attached hydrogens (tertiary/aromatic N) is 3. The van der Waals surface area contributed by atoms with Crippen LogP contribution in [-0.4, -0.2) is 45.2 Å². The first-order valence-electron chi connectivity index (χ1n) is 6.12. The van der Waals surface area contributed by atoms with E-state index in [1.807, 2.05) is 25.1 Å². The van der Waals surface area contributed by atoms with Gasteiger partial charge in [0.1, 0.15) is 6.07 Å². The molecule has 1 aliphatic heterocycles. The van der Waals surface area contributed by atoms with Crippen molar-refractivity contribution in [2.24, 2.45) is 0 Å². The van der Waals surface area contributed by atoms with Gasteiger partial charge < -0.3 is 4.90 Å². The van der Waals surface area contributed by atoms with Crippen molar-refractivity contribution in [1.29, 1.82) is 5.26 Å². The van der Waals surface area contributed by atoms with Gasteiger partial charge in [0.2, 0.25) is 10.0 Å². The van der Waals surface area contributed by atoms with Crippen LogP contribution in [0.4, 0.5) is 5.69 Å². The number of hydrogen-bond donors (Lipinski definition) is 0. The molecule has 0 radical (unpaired) electrons. The molecule has 6 heteroatoms. The molecule has 0 bridgehead atoms. The molecule has 1 aliphatic rings. The molecule has 1 aromatic carbocycles. The topological polar surface area (TPSA) is 64.4 Å². The summed E-state index contributed by atoms with van der Waals surface area (Å²) in [6.45, 7) is 4.12. The SMILES string of the molecule is Cc1ccc(N2CCN(S(C)(=O)=O)CC2)c(C#N)c1. The first-order chi connectivity index (χ1) is 8.91. The van der Waals surface area contributed by atoms with E-state index in [4.69, 9.17) is 0 Å². The summed E-state index contributed by atoms with van der Waals surface area (Å²) in [5, 5.41) is 9.17. The van der Waals surface area contributed by atoms with E-state index in [0.29, 0.717) is 31.7 Å². The minimum atomic E-state index is -3.11. The van der Waals surface area contributed by atoms with Gasteiger partial charge in [0.15, 0.2) is 0 Å². The Hall–Kier alpha value is -1.58.